The third-order valence-corrected chi connectivity index (χ3v) is 4.78. The summed E-state index contributed by atoms with van der Waals surface area (Å²) in [7, 11) is 1.57. The summed E-state index contributed by atoms with van der Waals surface area (Å²) in [6, 6.07) is 21.0. The lowest BCUT2D eigenvalue weighted by molar-refractivity contribution is 0.0983. The Morgan fingerprint density at radius 3 is 2.30 bits per heavy atom. The van der Waals surface area contributed by atoms with Gasteiger partial charge in [0.05, 0.1) is 11.1 Å². The first-order valence-corrected chi connectivity index (χ1v) is 8.87. The van der Waals surface area contributed by atoms with Crippen molar-refractivity contribution in [2.24, 2.45) is 7.05 Å². The summed E-state index contributed by atoms with van der Waals surface area (Å²) in [5.74, 6) is -0.222. The molecule has 0 spiro atoms. The van der Waals surface area contributed by atoms with Crippen molar-refractivity contribution in [3.63, 3.8) is 0 Å². The highest BCUT2D eigenvalue weighted by atomic mass is 16.2. The monoisotopic (exact) mass is 357 g/mol. The van der Waals surface area contributed by atoms with Crippen molar-refractivity contribution in [1.82, 2.24) is 9.78 Å². The largest absolute Gasteiger partial charge is 0.307 e. The van der Waals surface area contributed by atoms with Gasteiger partial charge in [-0.15, -0.1) is 0 Å². The highest BCUT2D eigenvalue weighted by Crippen LogP contribution is 2.28. The van der Waals surface area contributed by atoms with Crippen molar-refractivity contribution < 1.29 is 4.79 Å². The second kappa shape index (κ2) is 6.68. The minimum atomic E-state index is -0.222. The molecular formula is C22H19N3O2. The highest BCUT2D eigenvalue weighted by Gasteiger charge is 2.23. The Labute approximate surface area is 156 Å². The maximum Gasteiger partial charge on any atom is 0.279 e. The van der Waals surface area contributed by atoms with Gasteiger partial charge in [0.15, 0.2) is 5.69 Å². The van der Waals surface area contributed by atoms with Crippen LogP contribution in [0.4, 0.5) is 5.69 Å². The number of aromatic nitrogens is 2. The Hall–Kier alpha value is -3.47. The number of benzene rings is 3. The van der Waals surface area contributed by atoms with Crippen molar-refractivity contribution in [3.05, 3.63) is 82.8 Å². The van der Waals surface area contributed by atoms with E-state index >= 15 is 0 Å². The van der Waals surface area contributed by atoms with Crippen LogP contribution in [0, 0.1) is 0 Å². The first-order valence-electron chi connectivity index (χ1n) is 8.87. The summed E-state index contributed by atoms with van der Waals surface area (Å²) in [4.78, 5) is 27.5. The van der Waals surface area contributed by atoms with Gasteiger partial charge in [-0.3, -0.25) is 9.59 Å². The number of aryl methyl sites for hydroxylation is 1. The van der Waals surface area contributed by atoms with Gasteiger partial charge in [-0.1, -0.05) is 54.6 Å². The van der Waals surface area contributed by atoms with Crippen LogP contribution in [0.25, 0.3) is 21.5 Å². The summed E-state index contributed by atoms with van der Waals surface area (Å²) >= 11 is 0. The zero-order valence-electron chi connectivity index (χ0n) is 15.2. The molecule has 0 unspecified atom stereocenters. The summed E-state index contributed by atoms with van der Waals surface area (Å²) in [5.41, 5.74) is 0.901. The minimum absolute atomic E-state index is 0.213. The van der Waals surface area contributed by atoms with Crippen LogP contribution in [0.5, 0.6) is 0 Å². The Bertz CT molecular complexity index is 1220. The van der Waals surface area contributed by atoms with Crippen LogP contribution >= 0.6 is 0 Å². The van der Waals surface area contributed by atoms with Crippen molar-refractivity contribution in [3.8, 4) is 0 Å². The molecule has 1 heterocycles. The molecule has 4 aromatic rings. The molecule has 134 valence electrons. The summed E-state index contributed by atoms with van der Waals surface area (Å²) in [6.45, 7) is 2.43. The van der Waals surface area contributed by atoms with E-state index in [4.69, 9.17) is 0 Å². The molecule has 5 heteroatoms. The molecule has 4 rings (SSSR count). The molecule has 0 aliphatic rings. The molecule has 5 nitrogen and oxygen atoms in total. The van der Waals surface area contributed by atoms with E-state index in [2.05, 4.69) is 5.10 Å². The standard InChI is InChI=1S/C22H19N3O2/c1-3-25(19-14-8-10-15-9-4-5-11-16(15)19)22(27)20-17-12-6-7-13-18(17)21(26)24(2)23-20/h4-14H,3H2,1-2H3. The van der Waals surface area contributed by atoms with Gasteiger partial charge in [0, 0.05) is 24.4 Å². The number of hydrogen-bond donors (Lipinski definition) is 0. The first kappa shape index (κ1) is 17.0. The van der Waals surface area contributed by atoms with Gasteiger partial charge in [0.25, 0.3) is 11.5 Å². The van der Waals surface area contributed by atoms with Crippen LogP contribution in [0.3, 0.4) is 0 Å². The van der Waals surface area contributed by atoms with Crippen LogP contribution < -0.4 is 10.5 Å². The molecular weight excluding hydrogens is 338 g/mol. The van der Waals surface area contributed by atoms with Crippen molar-refractivity contribution in [1.29, 1.82) is 0 Å². The van der Waals surface area contributed by atoms with E-state index in [1.807, 2.05) is 55.5 Å². The third-order valence-electron chi connectivity index (χ3n) is 4.78. The topological polar surface area (TPSA) is 55.2 Å². The highest BCUT2D eigenvalue weighted by molar-refractivity contribution is 6.15. The lowest BCUT2D eigenvalue weighted by Crippen LogP contribution is -2.34. The minimum Gasteiger partial charge on any atom is -0.307 e. The fraction of sp³-hybridized carbons (Fsp3) is 0.136. The molecule has 0 N–H and O–H groups in total. The average Bonchev–Trinajstić information content (AvgIpc) is 2.71. The Kier molecular flexibility index (Phi) is 4.20. The Morgan fingerprint density at radius 1 is 0.926 bits per heavy atom. The third kappa shape index (κ3) is 2.77. The van der Waals surface area contributed by atoms with E-state index in [-0.39, 0.29) is 17.2 Å². The maximum absolute atomic E-state index is 13.4. The molecule has 0 aliphatic heterocycles. The molecule has 3 aromatic carbocycles. The van der Waals surface area contributed by atoms with Crippen LogP contribution in [0.15, 0.2) is 71.5 Å². The molecule has 27 heavy (non-hydrogen) atoms. The van der Waals surface area contributed by atoms with Gasteiger partial charge in [-0.25, -0.2) is 4.68 Å². The smallest absolute Gasteiger partial charge is 0.279 e. The van der Waals surface area contributed by atoms with E-state index in [9.17, 15) is 9.59 Å². The van der Waals surface area contributed by atoms with Crippen LogP contribution in [-0.2, 0) is 7.05 Å². The number of fused-ring (bicyclic) bond motifs is 2. The summed E-state index contributed by atoms with van der Waals surface area (Å²) in [6.07, 6.45) is 0. The van der Waals surface area contributed by atoms with Gasteiger partial charge in [-0.2, -0.15) is 5.10 Å². The predicted octanol–water partition coefficient (Wildman–Crippen LogP) is 3.75. The number of anilines is 1. The maximum atomic E-state index is 13.4. The number of rotatable bonds is 3. The van der Waals surface area contributed by atoms with E-state index in [0.29, 0.717) is 17.3 Å². The lowest BCUT2D eigenvalue weighted by atomic mass is 10.1. The molecule has 1 amide bonds. The zero-order valence-corrected chi connectivity index (χ0v) is 15.2. The van der Waals surface area contributed by atoms with Gasteiger partial charge in [0.2, 0.25) is 0 Å². The van der Waals surface area contributed by atoms with E-state index < -0.39 is 0 Å². The number of carbonyl (C=O) groups is 1. The number of hydrogen-bond acceptors (Lipinski definition) is 3. The fourth-order valence-corrected chi connectivity index (χ4v) is 3.45. The zero-order chi connectivity index (χ0) is 19.0. The molecule has 0 atom stereocenters. The van der Waals surface area contributed by atoms with Crippen LogP contribution in [0.2, 0.25) is 0 Å². The molecule has 0 fully saturated rings. The fourth-order valence-electron chi connectivity index (χ4n) is 3.45. The van der Waals surface area contributed by atoms with Gasteiger partial charge >= 0.3 is 0 Å². The van der Waals surface area contributed by atoms with Gasteiger partial charge < -0.3 is 4.90 Å². The first-order chi connectivity index (χ1) is 13.1. The number of carbonyl (C=O) groups excluding carboxylic acids is 1. The van der Waals surface area contributed by atoms with Gasteiger partial charge in [0.1, 0.15) is 0 Å². The van der Waals surface area contributed by atoms with Crippen molar-refractivity contribution in [2.75, 3.05) is 11.4 Å². The predicted molar refractivity (Wildman–Crippen MR) is 108 cm³/mol. The average molecular weight is 357 g/mol. The summed E-state index contributed by atoms with van der Waals surface area (Å²) in [5, 5.41) is 7.43. The molecule has 0 saturated carbocycles. The molecule has 0 bridgehead atoms. The number of amides is 1. The SMILES string of the molecule is CCN(C(=O)c1nn(C)c(=O)c2ccccc12)c1cccc2ccccc12. The molecule has 0 saturated heterocycles. The number of nitrogens with zero attached hydrogens (tertiary/aromatic N) is 3. The van der Waals surface area contributed by atoms with Crippen molar-refractivity contribution >= 4 is 33.1 Å². The molecule has 0 aliphatic carbocycles. The van der Waals surface area contributed by atoms with Crippen LogP contribution in [-0.4, -0.2) is 22.2 Å². The normalized spacial score (nSPS) is 11.0. The van der Waals surface area contributed by atoms with E-state index in [1.54, 1.807) is 30.1 Å². The van der Waals surface area contributed by atoms with Gasteiger partial charge in [-0.05, 0) is 24.4 Å². The Morgan fingerprint density at radius 2 is 1.56 bits per heavy atom. The summed E-state index contributed by atoms with van der Waals surface area (Å²) < 4.78 is 1.23. The second-order valence-electron chi connectivity index (χ2n) is 6.37. The molecule has 1 aromatic heterocycles. The Balaban J connectivity index is 1.92. The quantitative estimate of drug-likeness (QED) is 0.561. The van der Waals surface area contributed by atoms with E-state index in [0.717, 1.165) is 16.5 Å². The molecule has 0 radical (unpaired) electrons. The second-order valence-corrected chi connectivity index (χ2v) is 6.37. The van der Waals surface area contributed by atoms with Crippen molar-refractivity contribution in [2.45, 2.75) is 6.92 Å². The lowest BCUT2D eigenvalue weighted by Gasteiger charge is -2.23. The van der Waals surface area contributed by atoms with E-state index in [1.165, 1.54) is 4.68 Å². The van der Waals surface area contributed by atoms with Crippen LogP contribution in [0.1, 0.15) is 17.4 Å².